The van der Waals surface area contributed by atoms with Gasteiger partial charge in [-0.1, -0.05) is 30.3 Å². The second kappa shape index (κ2) is 8.75. The minimum atomic E-state index is -3.40. The maximum atomic E-state index is 12.6. The van der Waals surface area contributed by atoms with Gasteiger partial charge < -0.3 is 5.32 Å². The Balaban J connectivity index is 1.65. The van der Waals surface area contributed by atoms with Crippen LogP contribution in [-0.4, -0.2) is 38.6 Å². The molecule has 7 heteroatoms. The van der Waals surface area contributed by atoms with Gasteiger partial charge >= 0.3 is 0 Å². The molecule has 3 rings (SSSR count). The fourth-order valence-electron chi connectivity index (χ4n) is 3.51. The fourth-order valence-corrected chi connectivity index (χ4v) is 4.13. The Hall–Kier alpha value is -2.38. The topological polar surface area (TPSA) is 78.5 Å². The van der Waals surface area contributed by atoms with Gasteiger partial charge in [-0.3, -0.25) is 14.4 Å². The number of hydrogen-bond acceptors (Lipinski definition) is 4. The predicted octanol–water partition coefficient (Wildman–Crippen LogP) is 2.89. The summed E-state index contributed by atoms with van der Waals surface area (Å²) in [6, 6.07) is 13.3. The Kier molecular flexibility index (Phi) is 6.36. The molecule has 2 aromatic carbocycles. The van der Waals surface area contributed by atoms with Crippen LogP contribution in [0.5, 0.6) is 0 Å². The second-order valence-corrected chi connectivity index (χ2v) is 9.09. The van der Waals surface area contributed by atoms with Crippen molar-refractivity contribution in [2.24, 2.45) is 0 Å². The van der Waals surface area contributed by atoms with Crippen molar-refractivity contribution < 1.29 is 13.2 Å². The van der Waals surface area contributed by atoms with E-state index in [0.29, 0.717) is 23.4 Å². The van der Waals surface area contributed by atoms with Crippen LogP contribution in [0.3, 0.4) is 0 Å². The van der Waals surface area contributed by atoms with Gasteiger partial charge in [0.2, 0.25) is 10.0 Å². The Bertz CT molecular complexity index is 951. The van der Waals surface area contributed by atoms with Crippen molar-refractivity contribution >= 4 is 21.6 Å². The Labute approximate surface area is 167 Å². The summed E-state index contributed by atoms with van der Waals surface area (Å²) in [6.07, 6.45) is 3.62. The van der Waals surface area contributed by atoms with Crippen molar-refractivity contribution in [1.82, 2.24) is 10.2 Å². The number of nitrogens with one attached hydrogen (secondary N) is 2. The van der Waals surface area contributed by atoms with Crippen LogP contribution in [0.25, 0.3) is 0 Å². The molecule has 1 aliphatic heterocycles. The molecule has 1 amide bonds. The van der Waals surface area contributed by atoms with E-state index in [2.05, 4.69) is 27.1 Å². The van der Waals surface area contributed by atoms with Crippen molar-refractivity contribution in [3.05, 3.63) is 64.7 Å². The number of nitrogens with zero attached hydrogens (tertiary/aromatic N) is 1. The molecule has 28 heavy (non-hydrogen) atoms. The molecule has 0 unspecified atom stereocenters. The molecule has 1 aliphatic rings. The van der Waals surface area contributed by atoms with E-state index >= 15 is 0 Å². The zero-order chi connectivity index (χ0) is 20.1. The van der Waals surface area contributed by atoms with Crippen molar-refractivity contribution in [2.45, 2.75) is 32.9 Å². The van der Waals surface area contributed by atoms with Crippen molar-refractivity contribution in [1.29, 1.82) is 0 Å². The van der Waals surface area contributed by atoms with Crippen LogP contribution < -0.4 is 10.0 Å². The van der Waals surface area contributed by atoms with Gasteiger partial charge in [-0.2, -0.15) is 0 Å². The summed E-state index contributed by atoms with van der Waals surface area (Å²) in [5, 5.41) is 2.94. The predicted molar refractivity (Wildman–Crippen MR) is 112 cm³/mol. The van der Waals surface area contributed by atoms with Crippen LogP contribution in [0, 0.1) is 6.92 Å². The number of carbonyl (C=O) groups excluding carboxylic acids is 1. The molecule has 2 aromatic rings. The minimum absolute atomic E-state index is 0.223. The smallest absolute Gasteiger partial charge is 0.251 e. The van der Waals surface area contributed by atoms with Gasteiger partial charge in [0.25, 0.3) is 5.91 Å². The minimum Gasteiger partial charge on any atom is -0.348 e. The standard InChI is InChI=1S/C21H27N3O3S/c1-16-19(9-6-10-20(16)23-28(2,26)27)21(25)22-14-17-7-5-8-18(13-17)15-24-11-3-4-12-24/h5-10,13,23H,3-4,11-12,14-15H2,1-2H3,(H,22,25). The van der Waals surface area contributed by atoms with Crippen LogP contribution >= 0.6 is 0 Å². The summed E-state index contributed by atoms with van der Waals surface area (Å²) in [4.78, 5) is 15.1. The van der Waals surface area contributed by atoms with E-state index in [1.54, 1.807) is 25.1 Å². The maximum Gasteiger partial charge on any atom is 0.251 e. The molecule has 0 saturated carbocycles. The van der Waals surface area contributed by atoms with Crippen LogP contribution in [0.1, 0.15) is 39.9 Å². The molecule has 0 aromatic heterocycles. The third-order valence-corrected chi connectivity index (χ3v) is 5.51. The van der Waals surface area contributed by atoms with Gasteiger partial charge in [0.05, 0.1) is 11.9 Å². The molecule has 0 aliphatic carbocycles. The SMILES string of the molecule is Cc1c(NS(C)(=O)=O)cccc1C(=O)NCc1cccc(CN2CCCC2)c1. The Morgan fingerprint density at radius 3 is 2.46 bits per heavy atom. The zero-order valence-electron chi connectivity index (χ0n) is 16.4. The van der Waals surface area contributed by atoms with Crippen LogP contribution in [0.2, 0.25) is 0 Å². The largest absolute Gasteiger partial charge is 0.348 e. The molecule has 0 atom stereocenters. The van der Waals surface area contributed by atoms with Crippen molar-refractivity contribution in [3.8, 4) is 0 Å². The third-order valence-electron chi connectivity index (χ3n) is 4.92. The zero-order valence-corrected chi connectivity index (χ0v) is 17.2. The lowest BCUT2D eigenvalue weighted by atomic mass is 10.1. The first kappa shape index (κ1) is 20.4. The van der Waals surface area contributed by atoms with Crippen LogP contribution in [0.4, 0.5) is 5.69 Å². The number of rotatable bonds is 7. The van der Waals surface area contributed by atoms with E-state index < -0.39 is 10.0 Å². The molecular weight excluding hydrogens is 374 g/mol. The van der Waals surface area contributed by atoms with Crippen LogP contribution in [0.15, 0.2) is 42.5 Å². The molecule has 1 heterocycles. The third kappa shape index (κ3) is 5.56. The molecule has 1 saturated heterocycles. The number of likely N-dealkylation sites (tertiary alicyclic amines) is 1. The normalized spacial score (nSPS) is 14.8. The summed E-state index contributed by atoms with van der Waals surface area (Å²) < 4.78 is 25.4. The highest BCUT2D eigenvalue weighted by atomic mass is 32.2. The van der Waals surface area contributed by atoms with Gasteiger partial charge in [-0.15, -0.1) is 0 Å². The van der Waals surface area contributed by atoms with Crippen molar-refractivity contribution in [3.63, 3.8) is 0 Å². The summed E-state index contributed by atoms with van der Waals surface area (Å²) in [7, 11) is -3.40. The fraction of sp³-hybridized carbons (Fsp3) is 0.381. The number of hydrogen-bond donors (Lipinski definition) is 2. The number of amides is 1. The Morgan fingerprint density at radius 1 is 1.07 bits per heavy atom. The number of anilines is 1. The number of benzene rings is 2. The van der Waals surface area contributed by atoms with E-state index in [1.165, 1.54) is 18.4 Å². The molecule has 2 N–H and O–H groups in total. The molecule has 0 spiro atoms. The highest BCUT2D eigenvalue weighted by molar-refractivity contribution is 7.92. The molecule has 0 radical (unpaired) electrons. The lowest BCUT2D eigenvalue weighted by Crippen LogP contribution is -2.24. The van der Waals surface area contributed by atoms with Gasteiger partial charge in [-0.25, -0.2) is 8.42 Å². The van der Waals surface area contributed by atoms with E-state index in [9.17, 15) is 13.2 Å². The first-order valence-electron chi connectivity index (χ1n) is 9.47. The van der Waals surface area contributed by atoms with Gasteiger partial charge in [0.1, 0.15) is 0 Å². The van der Waals surface area contributed by atoms with E-state index in [1.807, 2.05) is 12.1 Å². The molecule has 150 valence electrons. The number of carbonyl (C=O) groups is 1. The second-order valence-electron chi connectivity index (χ2n) is 7.34. The summed E-state index contributed by atoms with van der Waals surface area (Å²) in [5.74, 6) is -0.223. The summed E-state index contributed by atoms with van der Waals surface area (Å²) >= 11 is 0. The molecule has 1 fully saturated rings. The highest BCUT2D eigenvalue weighted by Crippen LogP contribution is 2.20. The molecule has 0 bridgehead atoms. The lowest BCUT2D eigenvalue weighted by molar-refractivity contribution is 0.0950. The first-order valence-corrected chi connectivity index (χ1v) is 11.4. The summed E-state index contributed by atoms with van der Waals surface area (Å²) in [6.45, 7) is 5.41. The lowest BCUT2D eigenvalue weighted by Gasteiger charge is -2.15. The average molecular weight is 402 g/mol. The van der Waals surface area contributed by atoms with Gasteiger partial charge in [-0.05, 0) is 61.7 Å². The Morgan fingerprint density at radius 2 is 1.75 bits per heavy atom. The molecular formula is C21H27N3O3S. The number of sulfonamides is 1. The first-order chi connectivity index (χ1) is 13.3. The van der Waals surface area contributed by atoms with Gasteiger partial charge in [0.15, 0.2) is 0 Å². The molecule has 6 nitrogen and oxygen atoms in total. The van der Waals surface area contributed by atoms with E-state index in [-0.39, 0.29) is 5.91 Å². The monoisotopic (exact) mass is 401 g/mol. The quantitative estimate of drug-likeness (QED) is 0.748. The van der Waals surface area contributed by atoms with Crippen LogP contribution in [-0.2, 0) is 23.1 Å². The summed E-state index contributed by atoms with van der Waals surface area (Å²) in [5.41, 5.74) is 3.79. The highest BCUT2D eigenvalue weighted by Gasteiger charge is 2.14. The van der Waals surface area contributed by atoms with Gasteiger partial charge in [0, 0.05) is 18.7 Å². The average Bonchev–Trinajstić information content (AvgIpc) is 3.14. The van der Waals surface area contributed by atoms with E-state index in [0.717, 1.165) is 31.5 Å². The van der Waals surface area contributed by atoms with Crippen molar-refractivity contribution in [2.75, 3.05) is 24.1 Å². The van der Waals surface area contributed by atoms with E-state index in [4.69, 9.17) is 0 Å². The maximum absolute atomic E-state index is 12.6.